The fraction of sp³-hybridized carbons (Fsp3) is 0.286. The van der Waals surface area contributed by atoms with Crippen molar-refractivity contribution in [2.45, 2.75) is 26.8 Å². The van der Waals surface area contributed by atoms with Crippen LogP contribution in [0.15, 0.2) is 34.7 Å². The standard InChI is InChI=1S/C14H16FNO/c1-9-6-12(15)8-13(7-9)16-11(3)14-5-4-10(2)17-14/h4-8,11,16H,1-3H3. The van der Waals surface area contributed by atoms with E-state index in [1.165, 1.54) is 12.1 Å². The van der Waals surface area contributed by atoms with Crippen LogP contribution in [-0.4, -0.2) is 0 Å². The maximum atomic E-state index is 13.2. The second-order valence-electron chi connectivity index (χ2n) is 4.33. The highest BCUT2D eigenvalue weighted by molar-refractivity contribution is 5.47. The quantitative estimate of drug-likeness (QED) is 0.859. The van der Waals surface area contributed by atoms with Crippen molar-refractivity contribution in [1.29, 1.82) is 0 Å². The Morgan fingerprint density at radius 2 is 1.94 bits per heavy atom. The fourth-order valence-corrected chi connectivity index (χ4v) is 1.83. The van der Waals surface area contributed by atoms with E-state index in [4.69, 9.17) is 4.42 Å². The zero-order valence-corrected chi connectivity index (χ0v) is 10.3. The van der Waals surface area contributed by atoms with Crippen LogP contribution in [0.2, 0.25) is 0 Å². The van der Waals surface area contributed by atoms with Crippen LogP contribution < -0.4 is 5.32 Å². The van der Waals surface area contributed by atoms with E-state index in [0.29, 0.717) is 0 Å². The van der Waals surface area contributed by atoms with Crippen LogP contribution in [-0.2, 0) is 0 Å². The van der Waals surface area contributed by atoms with Crippen LogP contribution >= 0.6 is 0 Å². The highest BCUT2D eigenvalue weighted by Crippen LogP contribution is 2.22. The fourth-order valence-electron chi connectivity index (χ4n) is 1.83. The van der Waals surface area contributed by atoms with E-state index in [0.717, 1.165) is 22.8 Å². The molecule has 1 atom stereocenters. The third-order valence-corrected chi connectivity index (χ3v) is 2.61. The normalized spacial score (nSPS) is 12.5. The lowest BCUT2D eigenvalue weighted by Gasteiger charge is -2.13. The van der Waals surface area contributed by atoms with Crippen LogP contribution in [0.4, 0.5) is 10.1 Å². The second kappa shape index (κ2) is 4.62. The molecule has 0 spiro atoms. The number of hydrogen-bond acceptors (Lipinski definition) is 2. The topological polar surface area (TPSA) is 25.2 Å². The maximum absolute atomic E-state index is 13.2. The van der Waals surface area contributed by atoms with Crippen molar-refractivity contribution in [2.75, 3.05) is 5.32 Å². The number of rotatable bonds is 3. The van der Waals surface area contributed by atoms with Gasteiger partial charge in [0.2, 0.25) is 0 Å². The predicted octanol–water partition coefficient (Wildman–Crippen LogP) is 4.21. The van der Waals surface area contributed by atoms with E-state index in [2.05, 4.69) is 5.32 Å². The summed E-state index contributed by atoms with van der Waals surface area (Å²) in [5, 5.41) is 3.22. The van der Waals surface area contributed by atoms with Gasteiger partial charge in [-0.25, -0.2) is 4.39 Å². The molecule has 1 N–H and O–H groups in total. The van der Waals surface area contributed by atoms with Gasteiger partial charge in [0.05, 0.1) is 6.04 Å². The van der Waals surface area contributed by atoms with Gasteiger partial charge in [-0.2, -0.15) is 0 Å². The molecule has 2 aromatic rings. The molecule has 1 heterocycles. The van der Waals surface area contributed by atoms with Crippen LogP contribution in [0, 0.1) is 19.7 Å². The summed E-state index contributed by atoms with van der Waals surface area (Å²) in [6.07, 6.45) is 0. The minimum atomic E-state index is -0.227. The highest BCUT2D eigenvalue weighted by Gasteiger charge is 2.09. The first-order valence-electron chi connectivity index (χ1n) is 5.64. The molecule has 3 heteroatoms. The first-order chi connectivity index (χ1) is 8.04. The summed E-state index contributed by atoms with van der Waals surface area (Å²) in [6.45, 7) is 5.76. The molecule has 0 amide bonds. The van der Waals surface area contributed by atoms with Crippen LogP contribution in [0.3, 0.4) is 0 Å². The lowest BCUT2D eigenvalue weighted by molar-refractivity contribution is 0.467. The molecule has 0 radical (unpaired) electrons. The Morgan fingerprint density at radius 1 is 1.18 bits per heavy atom. The molecule has 1 aromatic heterocycles. The molecule has 1 aromatic carbocycles. The monoisotopic (exact) mass is 233 g/mol. The Morgan fingerprint density at radius 3 is 2.53 bits per heavy atom. The van der Waals surface area contributed by atoms with Crippen LogP contribution in [0.5, 0.6) is 0 Å². The second-order valence-corrected chi connectivity index (χ2v) is 4.33. The molecule has 17 heavy (non-hydrogen) atoms. The van der Waals surface area contributed by atoms with Gasteiger partial charge in [0.1, 0.15) is 17.3 Å². The Bertz CT molecular complexity index is 498. The SMILES string of the molecule is Cc1cc(F)cc(NC(C)c2ccc(C)o2)c1. The first-order valence-corrected chi connectivity index (χ1v) is 5.64. The highest BCUT2D eigenvalue weighted by atomic mass is 19.1. The van der Waals surface area contributed by atoms with E-state index >= 15 is 0 Å². The first kappa shape index (κ1) is 11.7. The average Bonchev–Trinajstić information content (AvgIpc) is 2.63. The van der Waals surface area contributed by atoms with Gasteiger partial charge in [-0.15, -0.1) is 0 Å². The number of halogens is 1. The minimum absolute atomic E-state index is 0.0184. The maximum Gasteiger partial charge on any atom is 0.126 e. The summed E-state index contributed by atoms with van der Waals surface area (Å²) in [5.74, 6) is 1.50. The molecule has 0 saturated carbocycles. The molecule has 1 unspecified atom stereocenters. The third kappa shape index (κ3) is 2.87. The number of aryl methyl sites for hydroxylation is 2. The van der Waals surface area contributed by atoms with Crippen molar-refractivity contribution >= 4 is 5.69 Å². The van der Waals surface area contributed by atoms with Crippen LogP contribution in [0.25, 0.3) is 0 Å². The van der Waals surface area contributed by atoms with Crippen molar-refractivity contribution < 1.29 is 8.81 Å². The number of furan rings is 1. The lowest BCUT2D eigenvalue weighted by atomic mass is 10.2. The summed E-state index contributed by atoms with van der Waals surface area (Å²) in [7, 11) is 0. The Hall–Kier alpha value is -1.77. The smallest absolute Gasteiger partial charge is 0.126 e. The van der Waals surface area contributed by atoms with Crippen molar-refractivity contribution in [1.82, 2.24) is 0 Å². The Balaban J connectivity index is 2.15. The van der Waals surface area contributed by atoms with Gasteiger partial charge in [-0.3, -0.25) is 0 Å². The molecular weight excluding hydrogens is 217 g/mol. The van der Waals surface area contributed by atoms with Gasteiger partial charge in [0.25, 0.3) is 0 Å². The van der Waals surface area contributed by atoms with Gasteiger partial charge in [0.15, 0.2) is 0 Å². The zero-order chi connectivity index (χ0) is 12.4. The van der Waals surface area contributed by atoms with Crippen molar-refractivity contribution in [2.24, 2.45) is 0 Å². The molecule has 2 nitrogen and oxygen atoms in total. The number of benzene rings is 1. The van der Waals surface area contributed by atoms with E-state index in [1.54, 1.807) is 0 Å². The summed E-state index contributed by atoms with van der Waals surface area (Å²) in [5.41, 5.74) is 1.67. The van der Waals surface area contributed by atoms with Crippen LogP contribution in [0.1, 0.15) is 30.0 Å². The number of nitrogens with one attached hydrogen (secondary N) is 1. The molecule has 0 fully saturated rings. The molecular formula is C14H16FNO. The molecule has 0 aliphatic carbocycles. The van der Waals surface area contributed by atoms with E-state index < -0.39 is 0 Å². The van der Waals surface area contributed by atoms with Crippen molar-refractivity contribution in [3.8, 4) is 0 Å². The Labute approximate surface area is 100 Å². The van der Waals surface area contributed by atoms with E-state index in [9.17, 15) is 4.39 Å². The molecule has 0 aliphatic rings. The number of hydrogen-bond donors (Lipinski definition) is 1. The number of anilines is 1. The summed E-state index contributed by atoms with van der Waals surface area (Å²) < 4.78 is 18.7. The third-order valence-electron chi connectivity index (χ3n) is 2.61. The molecule has 0 saturated heterocycles. The molecule has 0 aliphatic heterocycles. The summed E-state index contributed by atoms with van der Waals surface area (Å²) in [4.78, 5) is 0. The van der Waals surface area contributed by atoms with Gasteiger partial charge >= 0.3 is 0 Å². The average molecular weight is 233 g/mol. The van der Waals surface area contributed by atoms with Gasteiger partial charge in [-0.05, 0) is 56.7 Å². The molecule has 2 rings (SSSR count). The summed E-state index contributed by atoms with van der Waals surface area (Å²) in [6, 6.07) is 8.77. The molecule has 90 valence electrons. The van der Waals surface area contributed by atoms with E-state index in [-0.39, 0.29) is 11.9 Å². The summed E-state index contributed by atoms with van der Waals surface area (Å²) >= 11 is 0. The molecule has 0 bridgehead atoms. The van der Waals surface area contributed by atoms with Crippen molar-refractivity contribution in [3.05, 3.63) is 53.2 Å². The van der Waals surface area contributed by atoms with Gasteiger partial charge in [0, 0.05) is 5.69 Å². The van der Waals surface area contributed by atoms with Gasteiger partial charge in [-0.1, -0.05) is 0 Å². The predicted molar refractivity (Wildman–Crippen MR) is 66.6 cm³/mol. The van der Waals surface area contributed by atoms with E-state index in [1.807, 2.05) is 39.0 Å². The van der Waals surface area contributed by atoms with Crippen molar-refractivity contribution in [3.63, 3.8) is 0 Å². The Kier molecular flexibility index (Phi) is 3.18. The largest absolute Gasteiger partial charge is 0.464 e. The van der Waals surface area contributed by atoms with Gasteiger partial charge < -0.3 is 9.73 Å². The zero-order valence-electron chi connectivity index (χ0n) is 10.3. The lowest BCUT2D eigenvalue weighted by Crippen LogP contribution is -2.05. The minimum Gasteiger partial charge on any atom is -0.464 e.